The van der Waals surface area contributed by atoms with Crippen molar-refractivity contribution in [2.45, 2.75) is 6.92 Å². The van der Waals surface area contributed by atoms with Gasteiger partial charge in [0.15, 0.2) is 0 Å². The third-order valence-electron chi connectivity index (χ3n) is 0.946. The number of hydrogen-bond donors (Lipinski definition) is 0. The molecular weight excluding hydrogens is 323 g/mol. The van der Waals surface area contributed by atoms with Gasteiger partial charge in [-0.3, -0.25) is 0 Å². The number of hydrogen-bond acceptors (Lipinski definition) is 4. The summed E-state index contributed by atoms with van der Waals surface area (Å²) in [4.78, 5) is 0. The van der Waals surface area contributed by atoms with Crippen molar-refractivity contribution in [3.8, 4) is 0 Å². The first kappa shape index (κ1) is 5.74. The molecule has 0 aliphatic carbocycles. The minimum atomic E-state index is -2.26. The summed E-state index contributed by atoms with van der Waals surface area (Å²) in [6, 6.07) is 0. The van der Waals surface area contributed by atoms with Crippen molar-refractivity contribution in [2.24, 2.45) is 0 Å². The molecule has 3 rings (SSSR count). The Labute approximate surface area is 58.3 Å². The first-order chi connectivity index (χ1) is 3.85. The van der Waals surface area contributed by atoms with Crippen LogP contribution in [0.4, 0.5) is 0 Å². The molecule has 3 heterocycles. The second kappa shape index (κ2) is 1.73. The van der Waals surface area contributed by atoms with Crippen LogP contribution in [0.5, 0.6) is 0 Å². The van der Waals surface area contributed by atoms with Crippen molar-refractivity contribution in [3.63, 3.8) is 0 Å². The third-order valence-corrected chi connectivity index (χ3v) is 17.4. The molecule has 2 bridgehead atoms. The molecule has 4 nitrogen and oxygen atoms in total. The maximum absolute atomic E-state index is 5.14. The third kappa shape index (κ3) is 0.625. The molecule has 8 heavy (non-hydrogen) atoms. The molecule has 0 unspecified atom stereocenters. The van der Waals surface area contributed by atoms with E-state index in [4.69, 9.17) is 11.6 Å². The summed E-state index contributed by atoms with van der Waals surface area (Å²) >= 11 is -2.08. The first-order valence-electron chi connectivity index (χ1n) is 2.42. The van der Waals surface area contributed by atoms with Crippen molar-refractivity contribution >= 4 is 33.1 Å². The van der Waals surface area contributed by atoms with E-state index in [9.17, 15) is 0 Å². The Morgan fingerprint density at radius 1 is 1.50 bits per heavy atom. The van der Waals surface area contributed by atoms with E-state index in [-0.39, 0.29) is 0 Å². The van der Waals surface area contributed by atoms with Crippen molar-refractivity contribution in [2.75, 3.05) is 6.61 Å². The maximum atomic E-state index is 5.14. The van der Waals surface area contributed by atoms with Crippen LogP contribution in [0.1, 0.15) is 6.92 Å². The molecule has 45 valence electrons. The predicted molar refractivity (Wildman–Crippen MR) is 26.4 cm³/mol. The fraction of sp³-hybridized carbons (Fsp3) is 1.00. The fourth-order valence-corrected chi connectivity index (χ4v) is 11.5. The number of rotatable bonds is 2. The molecule has 6 heteroatoms. The van der Waals surface area contributed by atoms with Gasteiger partial charge in [-0.2, -0.15) is 0 Å². The van der Waals surface area contributed by atoms with Crippen LogP contribution < -0.4 is 0 Å². The Kier molecular flexibility index (Phi) is 1.24. The molecule has 3 fully saturated rings. The second-order valence-corrected chi connectivity index (χ2v) is 12.5. The average molecular weight is 328 g/mol. The van der Waals surface area contributed by atoms with Gasteiger partial charge < -0.3 is 0 Å². The van der Waals surface area contributed by atoms with Gasteiger partial charge in [-0.1, -0.05) is 0 Å². The van der Waals surface area contributed by atoms with Crippen molar-refractivity contribution in [3.05, 3.63) is 0 Å². The molecule has 0 spiro atoms. The molecular formula is C2H5O4PbSi. The molecule has 0 aromatic rings. The van der Waals surface area contributed by atoms with Crippen molar-refractivity contribution in [1.82, 2.24) is 0 Å². The van der Waals surface area contributed by atoms with E-state index in [2.05, 4.69) is 0 Å². The monoisotopic (exact) mass is 329 g/mol. The van der Waals surface area contributed by atoms with Crippen LogP contribution in [0.3, 0.4) is 0 Å². The summed E-state index contributed by atoms with van der Waals surface area (Å²) in [5.74, 6) is 0. The van der Waals surface area contributed by atoms with Gasteiger partial charge in [-0.05, 0) is 0 Å². The summed E-state index contributed by atoms with van der Waals surface area (Å²) in [7, 11) is -2.26. The second-order valence-electron chi connectivity index (χ2n) is 1.49. The molecule has 0 saturated carbocycles. The van der Waals surface area contributed by atoms with Gasteiger partial charge in [-0.25, -0.2) is 0 Å². The summed E-state index contributed by atoms with van der Waals surface area (Å²) in [5, 5.41) is 0. The zero-order valence-electron chi connectivity index (χ0n) is 4.34. The van der Waals surface area contributed by atoms with Gasteiger partial charge in [0.05, 0.1) is 0 Å². The van der Waals surface area contributed by atoms with E-state index < -0.39 is 33.1 Å². The Hall–Kier alpha value is 0.979. The van der Waals surface area contributed by atoms with E-state index in [0.717, 1.165) is 0 Å². The molecule has 0 N–H and O–H groups in total. The zero-order chi connectivity index (χ0) is 5.61. The fourth-order valence-electron chi connectivity index (χ4n) is 0.594. The van der Waals surface area contributed by atoms with Crippen LogP contribution in [0, 0.1) is 0 Å². The summed E-state index contributed by atoms with van der Waals surface area (Å²) in [6.07, 6.45) is 0. The van der Waals surface area contributed by atoms with E-state index in [0.29, 0.717) is 6.61 Å². The summed E-state index contributed by atoms with van der Waals surface area (Å²) < 4.78 is 20.5. The van der Waals surface area contributed by atoms with Crippen LogP contribution in [0.25, 0.3) is 0 Å². The Morgan fingerprint density at radius 2 is 2.12 bits per heavy atom. The van der Waals surface area contributed by atoms with Gasteiger partial charge >= 0.3 is 58.2 Å². The summed E-state index contributed by atoms with van der Waals surface area (Å²) in [5.41, 5.74) is 0. The van der Waals surface area contributed by atoms with Gasteiger partial charge in [0.2, 0.25) is 0 Å². The van der Waals surface area contributed by atoms with Crippen molar-refractivity contribution < 1.29 is 11.6 Å². The molecule has 0 amide bonds. The zero-order valence-corrected chi connectivity index (χ0v) is 9.23. The molecule has 0 aromatic heterocycles. The van der Waals surface area contributed by atoms with Crippen LogP contribution >= 0.6 is 0 Å². The molecule has 3 saturated heterocycles. The molecule has 3 aliphatic rings. The van der Waals surface area contributed by atoms with Gasteiger partial charge in [-0.15, -0.1) is 0 Å². The van der Waals surface area contributed by atoms with Crippen LogP contribution in [0.15, 0.2) is 0 Å². The summed E-state index contributed by atoms with van der Waals surface area (Å²) in [6.45, 7) is 2.53. The van der Waals surface area contributed by atoms with E-state index in [1.54, 1.807) is 0 Å². The Balaban J connectivity index is 1.87. The standard InChI is InChI=1S/C2H5O4Si.Pb/c1-2-6-7(3,4)5;/h2H2,1H3;/q-3;+3. The van der Waals surface area contributed by atoms with Crippen molar-refractivity contribution in [1.29, 1.82) is 0 Å². The van der Waals surface area contributed by atoms with Gasteiger partial charge in [0, 0.05) is 0 Å². The molecule has 0 aromatic carbocycles. The van der Waals surface area contributed by atoms with E-state index >= 15 is 0 Å². The van der Waals surface area contributed by atoms with E-state index in [1.165, 1.54) is 0 Å². The van der Waals surface area contributed by atoms with Crippen LogP contribution in [0.2, 0.25) is 0 Å². The average Bonchev–Trinajstić information content (AvgIpc) is 1.50. The predicted octanol–water partition coefficient (Wildman–Crippen LogP) is -0.480. The SMILES string of the molecule is CCO[Si]12[O][Pb]([O]1)[O]2. The van der Waals surface area contributed by atoms with E-state index in [1.807, 2.05) is 6.92 Å². The van der Waals surface area contributed by atoms with Crippen LogP contribution in [-0.2, 0) is 11.6 Å². The normalized spacial score (nSPS) is 31.1. The first-order valence-corrected chi connectivity index (χ1v) is 8.82. The minimum absolute atomic E-state index is 0.630. The van der Waals surface area contributed by atoms with Crippen LogP contribution in [-0.4, -0.2) is 39.7 Å². The topological polar surface area (TPSA) is 36.9 Å². The Morgan fingerprint density at radius 3 is 2.25 bits per heavy atom. The quantitative estimate of drug-likeness (QED) is 0.642. The Bertz CT molecular complexity index is 102. The molecule has 0 atom stereocenters. The molecule has 3 aliphatic heterocycles. The van der Waals surface area contributed by atoms with Gasteiger partial charge in [0.25, 0.3) is 0 Å². The molecule has 1 radical (unpaired) electrons. The van der Waals surface area contributed by atoms with Gasteiger partial charge in [0.1, 0.15) is 0 Å².